The molecule has 228 valence electrons. The largest absolute Gasteiger partial charge is 0.508 e. The molecule has 3 aromatic rings. The number of phenols is 1. The first-order chi connectivity index (χ1) is 20.9. The van der Waals surface area contributed by atoms with Crippen LogP contribution in [0, 0.1) is 0 Å². The number of hydrogen-bond donors (Lipinski definition) is 2. The van der Waals surface area contributed by atoms with E-state index in [0.29, 0.717) is 49.2 Å². The van der Waals surface area contributed by atoms with Gasteiger partial charge in [0.15, 0.2) is 0 Å². The quantitative estimate of drug-likeness (QED) is 0.259. The molecule has 0 spiro atoms. The van der Waals surface area contributed by atoms with Crippen LogP contribution in [0.5, 0.6) is 11.8 Å². The SMILES string of the molecule is C=CC(=O)N1CCN(c2nc(OC(C)C3CC(CCCNC)S3)nc3c2CCN(c2cc(O)cc4ccccc24)C3)CC1. The van der Waals surface area contributed by atoms with E-state index in [2.05, 4.69) is 34.7 Å². The maximum atomic E-state index is 12.2. The van der Waals surface area contributed by atoms with E-state index in [-0.39, 0.29) is 17.8 Å². The minimum atomic E-state index is -0.0292. The Balaban J connectivity index is 1.25. The van der Waals surface area contributed by atoms with Crippen LogP contribution in [-0.4, -0.2) is 88.8 Å². The molecule has 9 nitrogen and oxygen atoms in total. The second-order valence-electron chi connectivity index (χ2n) is 11.7. The molecule has 3 aliphatic rings. The van der Waals surface area contributed by atoms with Crippen molar-refractivity contribution in [2.24, 2.45) is 0 Å². The molecule has 1 amide bonds. The summed E-state index contributed by atoms with van der Waals surface area (Å²) >= 11 is 2.02. The molecule has 2 aromatic carbocycles. The van der Waals surface area contributed by atoms with E-state index in [4.69, 9.17) is 14.7 Å². The number of thioether (sulfide) groups is 1. The van der Waals surface area contributed by atoms with E-state index in [0.717, 1.165) is 59.5 Å². The van der Waals surface area contributed by atoms with Crippen LogP contribution in [0.15, 0.2) is 49.1 Å². The standard InChI is InChI=1S/C33H42N6O3S/c1-4-31(41)37-14-16-38(17-15-37)32-27-11-13-39(29-19-24(40)18-23-8-5-6-10-26(23)29)21-28(27)35-33(36-32)42-22(2)30-20-25(43-30)9-7-12-34-3/h4-6,8,10,18-19,22,25,30,34,40H,1,7,9,11-17,20-21H2,2-3H3. The van der Waals surface area contributed by atoms with Gasteiger partial charge in [-0.1, -0.05) is 30.8 Å². The molecular formula is C33H42N6O3S. The topological polar surface area (TPSA) is 94.1 Å². The number of carbonyl (C=O) groups is 1. The highest BCUT2D eigenvalue weighted by Gasteiger charge is 2.36. The first-order valence-electron chi connectivity index (χ1n) is 15.4. The third-order valence-corrected chi connectivity index (χ3v) is 10.6. The molecule has 6 rings (SSSR count). The smallest absolute Gasteiger partial charge is 0.318 e. The third-order valence-electron chi connectivity index (χ3n) is 8.88. The van der Waals surface area contributed by atoms with Gasteiger partial charge in [-0.2, -0.15) is 21.7 Å². The number of anilines is 2. The molecular weight excluding hydrogens is 560 g/mol. The van der Waals surface area contributed by atoms with Gasteiger partial charge in [-0.15, -0.1) is 0 Å². The summed E-state index contributed by atoms with van der Waals surface area (Å²) in [5.41, 5.74) is 3.11. The van der Waals surface area contributed by atoms with Crippen LogP contribution in [0.2, 0.25) is 0 Å². The number of carbonyl (C=O) groups excluding carboxylic acids is 1. The maximum absolute atomic E-state index is 12.2. The number of aromatic hydroxyl groups is 1. The number of nitrogens with one attached hydrogen (secondary N) is 1. The number of fused-ring (bicyclic) bond motifs is 2. The van der Waals surface area contributed by atoms with Gasteiger partial charge in [0.1, 0.15) is 17.7 Å². The Bertz CT molecular complexity index is 1470. The number of benzene rings is 2. The fraction of sp³-hybridized carbons (Fsp3) is 0.485. The summed E-state index contributed by atoms with van der Waals surface area (Å²) in [7, 11) is 2.01. The number of aromatic nitrogens is 2. The zero-order valence-corrected chi connectivity index (χ0v) is 26.0. The van der Waals surface area contributed by atoms with Gasteiger partial charge < -0.3 is 29.9 Å². The Kier molecular flexibility index (Phi) is 8.95. The van der Waals surface area contributed by atoms with Crippen LogP contribution in [-0.2, 0) is 17.8 Å². The van der Waals surface area contributed by atoms with Crippen molar-refractivity contribution in [3.63, 3.8) is 0 Å². The summed E-state index contributed by atoms with van der Waals surface area (Å²) in [6.45, 7) is 10.9. The van der Waals surface area contributed by atoms with Crippen molar-refractivity contribution in [3.05, 3.63) is 60.3 Å². The van der Waals surface area contributed by atoms with Crippen molar-refractivity contribution in [1.29, 1.82) is 0 Å². The van der Waals surface area contributed by atoms with Crippen molar-refractivity contribution < 1.29 is 14.6 Å². The highest BCUT2D eigenvalue weighted by Crippen LogP contribution is 2.42. The molecule has 2 fully saturated rings. The molecule has 0 saturated carbocycles. The van der Waals surface area contributed by atoms with E-state index < -0.39 is 0 Å². The minimum absolute atomic E-state index is 0.00761. The average Bonchev–Trinajstić information content (AvgIpc) is 3.00. The van der Waals surface area contributed by atoms with E-state index in [9.17, 15) is 9.90 Å². The Morgan fingerprint density at radius 3 is 2.74 bits per heavy atom. The zero-order chi connectivity index (χ0) is 29.9. The van der Waals surface area contributed by atoms with Gasteiger partial charge >= 0.3 is 6.01 Å². The number of amides is 1. The van der Waals surface area contributed by atoms with Crippen LogP contribution < -0.4 is 19.9 Å². The lowest BCUT2D eigenvalue weighted by Gasteiger charge is -2.39. The number of ether oxygens (including phenoxy) is 1. The molecule has 2 N–H and O–H groups in total. The summed E-state index contributed by atoms with van der Waals surface area (Å²) in [5.74, 6) is 1.15. The molecule has 10 heteroatoms. The molecule has 43 heavy (non-hydrogen) atoms. The van der Waals surface area contributed by atoms with Crippen LogP contribution in [0.4, 0.5) is 11.5 Å². The molecule has 3 unspecified atom stereocenters. The average molecular weight is 603 g/mol. The van der Waals surface area contributed by atoms with E-state index >= 15 is 0 Å². The maximum Gasteiger partial charge on any atom is 0.318 e. The molecule has 3 aliphatic heterocycles. The summed E-state index contributed by atoms with van der Waals surface area (Å²) in [5, 5.41) is 17.0. The van der Waals surface area contributed by atoms with E-state index in [1.54, 1.807) is 0 Å². The van der Waals surface area contributed by atoms with Gasteiger partial charge in [0.05, 0.1) is 12.2 Å². The predicted octanol–water partition coefficient (Wildman–Crippen LogP) is 4.37. The van der Waals surface area contributed by atoms with Crippen LogP contribution in [0.1, 0.15) is 37.4 Å². The fourth-order valence-corrected chi connectivity index (χ4v) is 7.82. The number of piperazine rings is 1. The number of rotatable bonds is 10. The third kappa shape index (κ3) is 6.40. The normalized spacial score (nSPS) is 20.8. The van der Waals surface area contributed by atoms with E-state index in [1.807, 2.05) is 54.0 Å². The first kappa shape index (κ1) is 29.6. The fourth-order valence-electron chi connectivity index (χ4n) is 6.44. The van der Waals surface area contributed by atoms with Crippen molar-refractivity contribution in [1.82, 2.24) is 20.2 Å². The minimum Gasteiger partial charge on any atom is -0.508 e. The molecule has 4 heterocycles. The Morgan fingerprint density at radius 2 is 1.98 bits per heavy atom. The second-order valence-corrected chi connectivity index (χ2v) is 13.3. The van der Waals surface area contributed by atoms with Gasteiger partial charge in [0.2, 0.25) is 5.91 Å². The van der Waals surface area contributed by atoms with Gasteiger partial charge in [0, 0.05) is 65.9 Å². The van der Waals surface area contributed by atoms with Crippen LogP contribution >= 0.6 is 11.8 Å². The summed E-state index contributed by atoms with van der Waals surface area (Å²) in [4.78, 5) is 28.7. The summed E-state index contributed by atoms with van der Waals surface area (Å²) < 4.78 is 6.48. The van der Waals surface area contributed by atoms with Crippen molar-refractivity contribution >= 4 is 39.9 Å². The highest BCUT2D eigenvalue weighted by molar-refractivity contribution is 8.01. The lowest BCUT2D eigenvalue weighted by molar-refractivity contribution is -0.126. The van der Waals surface area contributed by atoms with Gasteiger partial charge in [-0.3, -0.25) is 4.79 Å². The predicted molar refractivity (Wildman–Crippen MR) is 174 cm³/mol. The number of phenolic OH excluding ortho intramolecular Hbond substituents is 1. The van der Waals surface area contributed by atoms with Gasteiger partial charge in [-0.25, -0.2) is 0 Å². The van der Waals surface area contributed by atoms with Crippen LogP contribution in [0.25, 0.3) is 10.8 Å². The summed E-state index contributed by atoms with van der Waals surface area (Å²) in [6, 6.07) is 12.3. The van der Waals surface area contributed by atoms with Crippen LogP contribution in [0.3, 0.4) is 0 Å². The van der Waals surface area contributed by atoms with Crippen molar-refractivity contribution in [2.45, 2.75) is 55.8 Å². The number of nitrogens with zero attached hydrogens (tertiary/aromatic N) is 5. The Labute approximate surface area is 258 Å². The van der Waals surface area contributed by atoms with Crippen molar-refractivity contribution in [3.8, 4) is 11.8 Å². The lowest BCUT2D eigenvalue weighted by Crippen LogP contribution is -2.49. The first-order valence-corrected chi connectivity index (χ1v) is 16.4. The molecule has 3 atom stereocenters. The summed E-state index contributed by atoms with van der Waals surface area (Å²) in [6.07, 6.45) is 5.76. The van der Waals surface area contributed by atoms with Gasteiger partial charge in [-0.05, 0) is 63.7 Å². The van der Waals surface area contributed by atoms with Gasteiger partial charge in [0.25, 0.3) is 0 Å². The van der Waals surface area contributed by atoms with Crippen molar-refractivity contribution in [2.75, 3.05) is 56.1 Å². The molecule has 0 bridgehead atoms. The highest BCUT2D eigenvalue weighted by atomic mass is 32.2. The zero-order valence-electron chi connectivity index (χ0n) is 25.2. The second kappa shape index (κ2) is 13.0. The Hall–Kier alpha value is -3.50. The Morgan fingerprint density at radius 1 is 1.19 bits per heavy atom. The lowest BCUT2D eigenvalue weighted by atomic mass is 10.0. The molecule has 0 aliphatic carbocycles. The molecule has 2 saturated heterocycles. The number of hydrogen-bond acceptors (Lipinski definition) is 9. The van der Waals surface area contributed by atoms with E-state index in [1.165, 1.54) is 18.9 Å². The monoisotopic (exact) mass is 602 g/mol. The molecule has 0 radical (unpaired) electrons. The molecule has 1 aromatic heterocycles.